The van der Waals surface area contributed by atoms with Crippen LogP contribution < -0.4 is 0 Å². The molecule has 1 amide bonds. The van der Waals surface area contributed by atoms with Crippen LogP contribution in [0.25, 0.3) is 11.4 Å². The third-order valence-corrected chi connectivity index (χ3v) is 6.32. The number of aromatic nitrogens is 2. The van der Waals surface area contributed by atoms with Crippen molar-refractivity contribution in [2.75, 3.05) is 13.3 Å². The van der Waals surface area contributed by atoms with E-state index in [1.165, 1.54) is 11.1 Å². The number of fused-ring (bicyclic) bond motifs is 3. The molecular formula is C24H25N3O2. The Morgan fingerprint density at radius 3 is 2.62 bits per heavy atom. The highest BCUT2D eigenvalue weighted by atomic mass is 16.5. The Bertz CT molecular complexity index is 1060. The number of nitrogens with zero attached hydrogens (tertiary/aromatic N) is 3. The number of hydrogen-bond acceptors (Lipinski definition) is 3. The molecule has 29 heavy (non-hydrogen) atoms. The smallest absolute Gasteiger partial charge is 0.225 e. The number of amides is 1. The second-order valence-corrected chi connectivity index (χ2v) is 8.50. The van der Waals surface area contributed by atoms with Gasteiger partial charge in [-0.1, -0.05) is 54.6 Å². The van der Waals surface area contributed by atoms with Gasteiger partial charge in [-0.05, 0) is 31.4 Å². The van der Waals surface area contributed by atoms with Gasteiger partial charge in [0.05, 0.1) is 17.7 Å². The Balaban J connectivity index is 1.59. The van der Waals surface area contributed by atoms with E-state index in [2.05, 4.69) is 65.9 Å². The van der Waals surface area contributed by atoms with Gasteiger partial charge in [-0.2, -0.15) is 0 Å². The van der Waals surface area contributed by atoms with E-state index in [4.69, 9.17) is 4.74 Å². The van der Waals surface area contributed by atoms with Crippen molar-refractivity contribution in [1.82, 2.24) is 14.5 Å². The van der Waals surface area contributed by atoms with Crippen LogP contribution in [0.15, 0.2) is 67.0 Å². The zero-order valence-corrected chi connectivity index (χ0v) is 16.8. The molecule has 2 aliphatic rings. The molecule has 148 valence electrons. The first-order chi connectivity index (χ1) is 14.0. The standard InChI is InChI=1S/C24H25N3O2/c1-23(2)16-29-17-27(23)21(28)12-13-24(18-8-4-3-5-9-18)20-11-7-6-10-19(20)22-25-14-15-26(22)24/h3-11,14-15H,12-13,16-17H2,1-2H3. The van der Waals surface area contributed by atoms with Gasteiger partial charge >= 0.3 is 0 Å². The first-order valence-corrected chi connectivity index (χ1v) is 10.1. The topological polar surface area (TPSA) is 47.4 Å². The average Bonchev–Trinajstić information content (AvgIpc) is 3.41. The summed E-state index contributed by atoms with van der Waals surface area (Å²) in [6, 6.07) is 18.9. The van der Waals surface area contributed by atoms with Crippen molar-refractivity contribution in [3.05, 3.63) is 78.1 Å². The molecule has 2 aliphatic heterocycles. The fraction of sp³-hybridized carbons (Fsp3) is 0.333. The molecule has 5 rings (SSSR count). The largest absolute Gasteiger partial charge is 0.359 e. The lowest BCUT2D eigenvalue weighted by Gasteiger charge is -2.35. The van der Waals surface area contributed by atoms with E-state index < -0.39 is 5.54 Å². The van der Waals surface area contributed by atoms with Gasteiger partial charge in [0.1, 0.15) is 12.6 Å². The summed E-state index contributed by atoms with van der Waals surface area (Å²) >= 11 is 0. The van der Waals surface area contributed by atoms with Crippen LogP contribution in [0, 0.1) is 0 Å². The van der Waals surface area contributed by atoms with Crippen LogP contribution in [-0.4, -0.2) is 39.2 Å². The van der Waals surface area contributed by atoms with Crippen LogP contribution in [0.5, 0.6) is 0 Å². The van der Waals surface area contributed by atoms with Gasteiger partial charge in [-0.3, -0.25) is 4.79 Å². The molecule has 5 heteroatoms. The molecular weight excluding hydrogens is 362 g/mol. The highest BCUT2D eigenvalue weighted by molar-refractivity contribution is 5.78. The van der Waals surface area contributed by atoms with E-state index in [0.29, 0.717) is 26.2 Å². The Labute approximate surface area is 170 Å². The van der Waals surface area contributed by atoms with E-state index in [-0.39, 0.29) is 11.4 Å². The maximum Gasteiger partial charge on any atom is 0.225 e. The van der Waals surface area contributed by atoms with Gasteiger partial charge in [0.2, 0.25) is 5.91 Å². The van der Waals surface area contributed by atoms with Gasteiger partial charge < -0.3 is 14.2 Å². The van der Waals surface area contributed by atoms with Crippen molar-refractivity contribution in [1.29, 1.82) is 0 Å². The first kappa shape index (κ1) is 18.1. The van der Waals surface area contributed by atoms with Crippen molar-refractivity contribution in [2.24, 2.45) is 0 Å². The molecule has 1 aromatic heterocycles. The van der Waals surface area contributed by atoms with Crippen LogP contribution in [0.2, 0.25) is 0 Å². The summed E-state index contributed by atoms with van der Waals surface area (Å²) in [5.41, 5.74) is 2.82. The third-order valence-electron chi connectivity index (χ3n) is 6.32. The lowest BCUT2D eigenvalue weighted by atomic mass is 9.79. The minimum absolute atomic E-state index is 0.133. The molecule has 0 radical (unpaired) electrons. The molecule has 0 spiro atoms. The van der Waals surface area contributed by atoms with Crippen LogP contribution in [0.3, 0.4) is 0 Å². The van der Waals surface area contributed by atoms with Crippen LogP contribution >= 0.6 is 0 Å². The summed E-state index contributed by atoms with van der Waals surface area (Å²) in [4.78, 5) is 19.7. The summed E-state index contributed by atoms with van der Waals surface area (Å²) in [7, 11) is 0. The van der Waals surface area contributed by atoms with Gasteiger partial charge in [0, 0.05) is 24.4 Å². The van der Waals surface area contributed by atoms with Crippen LogP contribution in [0.1, 0.15) is 37.8 Å². The molecule has 3 heterocycles. The maximum absolute atomic E-state index is 13.2. The molecule has 2 aromatic carbocycles. The Morgan fingerprint density at radius 2 is 1.86 bits per heavy atom. The summed E-state index contributed by atoms with van der Waals surface area (Å²) in [5, 5.41) is 0. The van der Waals surface area contributed by atoms with E-state index in [9.17, 15) is 4.79 Å². The lowest BCUT2D eigenvalue weighted by molar-refractivity contribution is -0.135. The van der Waals surface area contributed by atoms with E-state index in [0.717, 1.165) is 11.4 Å². The Hall–Kier alpha value is -2.92. The second kappa shape index (κ2) is 6.56. The molecule has 1 saturated heterocycles. The second-order valence-electron chi connectivity index (χ2n) is 8.50. The van der Waals surface area contributed by atoms with Crippen molar-refractivity contribution in [3.8, 4) is 11.4 Å². The highest BCUT2D eigenvalue weighted by Crippen LogP contribution is 2.49. The fourth-order valence-electron chi connectivity index (χ4n) is 4.86. The summed E-state index contributed by atoms with van der Waals surface area (Å²) in [6.45, 7) is 5.07. The molecule has 0 N–H and O–H groups in total. The van der Waals surface area contributed by atoms with Gasteiger partial charge in [0.15, 0.2) is 0 Å². The minimum atomic E-state index is -0.440. The van der Waals surface area contributed by atoms with Crippen LogP contribution in [0.4, 0.5) is 0 Å². The number of ether oxygens (including phenoxy) is 1. The number of carbonyl (C=O) groups is 1. The maximum atomic E-state index is 13.2. The number of benzene rings is 2. The molecule has 1 unspecified atom stereocenters. The quantitative estimate of drug-likeness (QED) is 0.679. The predicted molar refractivity (Wildman–Crippen MR) is 111 cm³/mol. The zero-order valence-electron chi connectivity index (χ0n) is 16.8. The minimum Gasteiger partial charge on any atom is -0.359 e. The molecule has 5 nitrogen and oxygen atoms in total. The Morgan fingerprint density at radius 1 is 1.10 bits per heavy atom. The predicted octanol–water partition coefficient (Wildman–Crippen LogP) is 4.03. The summed E-state index contributed by atoms with van der Waals surface area (Å²) in [6.07, 6.45) is 4.99. The van der Waals surface area contributed by atoms with E-state index >= 15 is 0 Å². The molecule has 0 aliphatic carbocycles. The fourth-order valence-corrected chi connectivity index (χ4v) is 4.86. The highest BCUT2D eigenvalue weighted by Gasteiger charge is 2.45. The number of carbonyl (C=O) groups excluding carboxylic acids is 1. The SMILES string of the molecule is CC1(C)COCN1C(=O)CCC1(c2ccccc2)c2ccccc2-c2nccn21. The number of imidazole rings is 1. The Kier molecular flexibility index (Phi) is 4.10. The van der Waals surface area contributed by atoms with E-state index in [1.54, 1.807) is 0 Å². The molecule has 3 aromatic rings. The molecule has 0 bridgehead atoms. The van der Waals surface area contributed by atoms with Crippen molar-refractivity contribution >= 4 is 5.91 Å². The molecule has 1 atom stereocenters. The molecule has 1 fully saturated rings. The number of hydrogen-bond donors (Lipinski definition) is 0. The monoisotopic (exact) mass is 387 g/mol. The van der Waals surface area contributed by atoms with Gasteiger partial charge in [0.25, 0.3) is 0 Å². The van der Waals surface area contributed by atoms with Gasteiger partial charge in [-0.25, -0.2) is 4.98 Å². The van der Waals surface area contributed by atoms with Crippen molar-refractivity contribution < 1.29 is 9.53 Å². The summed E-state index contributed by atoms with van der Waals surface area (Å²) in [5.74, 6) is 1.09. The lowest BCUT2D eigenvalue weighted by Crippen LogP contribution is -2.45. The van der Waals surface area contributed by atoms with E-state index in [1.807, 2.05) is 29.4 Å². The summed E-state index contributed by atoms with van der Waals surface area (Å²) < 4.78 is 7.81. The van der Waals surface area contributed by atoms with Crippen molar-refractivity contribution in [2.45, 2.75) is 37.8 Å². The molecule has 0 saturated carbocycles. The van der Waals surface area contributed by atoms with Gasteiger partial charge in [-0.15, -0.1) is 0 Å². The van der Waals surface area contributed by atoms with Crippen molar-refractivity contribution in [3.63, 3.8) is 0 Å². The third kappa shape index (κ3) is 2.64. The van der Waals surface area contributed by atoms with Crippen LogP contribution in [-0.2, 0) is 15.1 Å². The normalized spacial score (nSPS) is 21.8. The first-order valence-electron chi connectivity index (χ1n) is 10.1. The average molecular weight is 387 g/mol. The zero-order chi connectivity index (χ0) is 20.1. The number of rotatable bonds is 4.